The van der Waals surface area contributed by atoms with E-state index in [1.807, 2.05) is 20.8 Å². The van der Waals surface area contributed by atoms with Crippen LogP contribution >= 0.6 is 0 Å². The van der Waals surface area contributed by atoms with Crippen LogP contribution in [0.1, 0.15) is 20.8 Å². The van der Waals surface area contributed by atoms with Gasteiger partial charge in [-0.25, -0.2) is 0 Å². The summed E-state index contributed by atoms with van der Waals surface area (Å²) in [6.07, 6.45) is 3.56. The molecule has 0 fully saturated rings. The third kappa shape index (κ3) is 1.90. The second kappa shape index (κ2) is 4.18. The molecule has 0 atom stereocenters. The Hall–Kier alpha value is -1.44. The molecule has 0 spiro atoms. The molecule has 0 unspecified atom stereocenters. The minimum Gasteiger partial charge on any atom is -0.460 e. The van der Waals surface area contributed by atoms with E-state index in [0.717, 1.165) is 23.0 Å². The molecule has 76 valence electrons. The van der Waals surface area contributed by atoms with E-state index < -0.39 is 0 Å². The SMILES string of the molecule is C=CC(C=C)C1=C(C)OC(C)=C(C)O1. The second-order valence-corrected chi connectivity index (χ2v) is 3.23. The molecule has 1 rings (SSSR count). The van der Waals surface area contributed by atoms with Crippen molar-refractivity contribution in [2.45, 2.75) is 20.8 Å². The zero-order valence-electron chi connectivity index (χ0n) is 8.96. The zero-order chi connectivity index (χ0) is 10.7. The van der Waals surface area contributed by atoms with E-state index in [9.17, 15) is 0 Å². The third-order valence-corrected chi connectivity index (χ3v) is 2.22. The van der Waals surface area contributed by atoms with E-state index in [1.165, 1.54) is 0 Å². The summed E-state index contributed by atoms with van der Waals surface area (Å²) in [5, 5.41) is 0. The maximum Gasteiger partial charge on any atom is 0.152 e. The first-order valence-corrected chi connectivity index (χ1v) is 4.59. The minimum atomic E-state index is 0.0121. The standard InChI is InChI=1S/C12H16O2/c1-6-11(7-2)12-10(5)13-8(3)9(4)14-12/h6-7,11H,1-2H2,3-5H3. The quantitative estimate of drug-likeness (QED) is 0.637. The van der Waals surface area contributed by atoms with Gasteiger partial charge < -0.3 is 9.47 Å². The van der Waals surface area contributed by atoms with Gasteiger partial charge in [-0.15, -0.1) is 13.2 Å². The molecule has 14 heavy (non-hydrogen) atoms. The highest BCUT2D eigenvalue weighted by molar-refractivity contribution is 5.21. The highest BCUT2D eigenvalue weighted by Gasteiger charge is 2.20. The molecule has 0 aromatic carbocycles. The van der Waals surface area contributed by atoms with E-state index >= 15 is 0 Å². The van der Waals surface area contributed by atoms with Crippen LogP contribution in [0, 0.1) is 5.92 Å². The van der Waals surface area contributed by atoms with Gasteiger partial charge in [0.05, 0.1) is 5.92 Å². The van der Waals surface area contributed by atoms with Crippen LogP contribution < -0.4 is 0 Å². The summed E-state index contributed by atoms with van der Waals surface area (Å²) >= 11 is 0. The monoisotopic (exact) mass is 192 g/mol. The minimum absolute atomic E-state index is 0.0121. The molecule has 1 aliphatic heterocycles. The first kappa shape index (κ1) is 10.6. The molecule has 0 aliphatic carbocycles. The smallest absolute Gasteiger partial charge is 0.152 e. The Bertz CT molecular complexity index is 313. The molecule has 0 amide bonds. The van der Waals surface area contributed by atoms with Crippen LogP contribution in [0.5, 0.6) is 0 Å². The predicted molar refractivity (Wildman–Crippen MR) is 57.1 cm³/mol. The van der Waals surface area contributed by atoms with Crippen LogP contribution in [0.15, 0.2) is 48.3 Å². The van der Waals surface area contributed by atoms with Crippen LogP contribution in [0.3, 0.4) is 0 Å². The summed E-state index contributed by atoms with van der Waals surface area (Å²) in [6, 6.07) is 0. The molecule has 0 aromatic rings. The van der Waals surface area contributed by atoms with Crippen LogP contribution in [0.4, 0.5) is 0 Å². The average Bonchev–Trinajstić information content (AvgIpc) is 2.15. The van der Waals surface area contributed by atoms with Crippen LogP contribution in [-0.4, -0.2) is 0 Å². The predicted octanol–water partition coefficient (Wildman–Crippen LogP) is 3.50. The summed E-state index contributed by atoms with van der Waals surface area (Å²) in [7, 11) is 0. The molecule has 1 aliphatic rings. The number of hydrogen-bond acceptors (Lipinski definition) is 2. The highest BCUT2D eigenvalue weighted by atomic mass is 16.6. The van der Waals surface area contributed by atoms with E-state index in [4.69, 9.17) is 9.47 Å². The number of hydrogen-bond donors (Lipinski definition) is 0. The molecule has 2 heteroatoms. The Balaban J connectivity index is 2.95. The van der Waals surface area contributed by atoms with Crippen LogP contribution in [0.2, 0.25) is 0 Å². The molecular weight excluding hydrogens is 176 g/mol. The zero-order valence-corrected chi connectivity index (χ0v) is 8.96. The molecule has 2 nitrogen and oxygen atoms in total. The number of allylic oxidation sites excluding steroid dienone is 4. The number of ether oxygens (including phenoxy) is 2. The summed E-state index contributed by atoms with van der Waals surface area (Å²) in [5.74, 6) is 3.16. The summed E-state index contributed by atoms with van der Waals surface area (Å²) in [5.41, 5.74) is 0. The lowest BCUT2D eigenvalue weighted by Gasteiger charge is -2.24. The van der Waals surface area contributed by atoms with E-state index in [1.54, 1.807) is 12.2 Å². The maximum absolute atomic E-state index is 5.65. The molecule has 0 saturated heterocycles. The first-order valence-electron chi connectivity index (χ1n) is 4.59. The highest BCUT2D eigenvalue weighted by Crippen LogP contribution is 2.29. The van der Waals surface area contributed by atoms with Crippen LogP contribution in [-0.2, 0) is 9.47 Å². The van der Waals surface area contributed by atoms with Crippen LogP contribution in [0.25, 0.3) is 0 Å². The molecule has 0 aromatic heterocycles. The Labute approximate surface area is 85.2 Å². The van der Waals surface area contributed by atoms with Gasteiger partial charge in [-0.3, -0.25) is 0 Å². The second-order valence-electron chi connectivity index (χ2n) is 3.23. The van der Waals surface area contributed by atoms with Crippen molar-refractivity contribution in [1.82, 2.24) is 0 Å². The lowest BCUT2D eigenvalue weighted by atomic mass is 10.1. The van der Waals surface area contributed by atoms with E-state index in [2.05, 4.69) is 13.2 Å². The molecule has 0 saturated carbocycles. The van der Waals surface area contributed by atoms with Crippen molar-refractivity contribution in [2.75, 3.05) is 0 Å². The van der Waals surface area contributed by atoms with E-state index in [0.29, 0.717) is 0 Å². The van der Waals surface area contributed by atoms with Crippen molar-refractivity contribution in [3.05, 3.63) is 48.3 Å². The lowest BCUT2D eigenvalue weighted by molar-refractivity contribution is 0.163. The third-order valence-electron chi connectivity index (χ3n) is 2.22. The fourth-order valence-corrected chi connectivity index (χ4v) is 1.27. The van der Waals surface area contributed by atoms with Gasteiger partial charge in [0.2, 0.25) is 0 Å². The van der Waals surface area contributed by atoms with Gasteiger partial charge in [0, 0.05) is 0 Å². The summed E-state index contributed by atoms with van der Waals surface area (Å²) < 4.78 is 11.2. The molecular formula is C12H16O2. The summed E-state index contributed by atoms with van der Waals surface area (Å²) in [6.45, 7) is 13.1. The fourth-order valence-electron chi connectivity index (χ4n) is 1.27. The van der Waals surface area contributed by atoms with Crippen molar-refractivity contribution in [2.24, 2.45) is 5.92 Å². The topological polar surface area (TPSA) is 18.5 Å². The Morgan fingerprint density at radius 3 is 1.93 bits per heavy atom. The van der Waals surface area contributed by atoms with Crippen molar-refractivity contribution in [1.29, 1.82) is 0 Å². The largest absolute Gasteiger partial charge is 0.460 e. The van der Waals surface area contributed by atoms with Gasteiger partial charge in [0.15, 0.2) is 5.76 Å². The van der Waals surface area contributed by atoms with Gasteiger partial charge in [-0.1, -0.05) is 12.2 Å². The Morgan fingerprint density at radius 1 is 0.929 bits per heavy atom. The first-order chi connectivity index (χ1) is 6.60. The summed E-state index contributed by atoms with van der Waals surface area (Å²) in [4.78, 5) is 0. The van der Waals surface area contributed by atoms with Crippen molar-refractivity contribution < 1.29 is 9.47 Å². The lowest BCUT2D eigenvalue weighted by Crippen LogP contribution is -2.11. The van der Waals surface area contributed by atoms with Gasteiger partial charge in [0.25, 0.3) is 0 Å². The molecule has 1 heterocycles. The number of rotatable bonds is 3. The average molecular weight is 192 g/mol. The van der Waals surface area contributed by atoms with Gasteiger partial charge in [-0.05, 0) is 20.8 Å². The van der Waals surface area contributed by atoms with Gasteiger partial charge in [-0.2, -0.15) is 0 Å². The van der Waals surface area contributed by atoms with Gasteiger partial charge in [0.1, 0.15) is 17.3 Å². The van der Waals surface area contributed by atoms with Crippen molar-refractivity contribution in [3.63, 3.8) is 0 Å². The van der Waals surface area contributed by atoms with Crippen molar-refractivity contribution >= 4 is 0 Å². The van der Waals surface area contributed by atoms with Crippen molar-refractivity contribution in [3.8, 4) is 0 Å². The Morgan fingerprint density at radius 2 is 1.43 bits per heavy atom. The normalized spacial score (nSPS) is 16.6. The fraction of sp³-hybridized carbons (Fsp3) is 0.333. The van der Waals surface area contributed by atoms with E-state index in [-0.39, 0.29) is 5.92 Å². The maximum atomic E-state index is 5.65. The molecule has 0 N–H and O–H groups in total. The van der Waals surface area contributed by atoms with Gasteiger partial charge >= 0.3 is 0 Å². The Kier molecular flexibility index (Phi) is 3.18. The molecule has 0 radical (unpaired) electrons. The molecule has 0 bridgehead atoms.